The molecule has 186 valence electrons. The third-order valence-electron chi connectivity index (χ3n) is 7.67. The molecule has 3 N–H and O–H groups in total. The Hall–Kier alpha value is -1.68. The van der Waals surface area contributed by atoms with E-state index >= 15 is 0 Å². The molecular formula is C24H40N4O4S. The van der Waals surface area contributed by atoms with Crippen LogP contribution >= 0.6 is 0 Å². The molecule has 0 radical (unpaired) electrons. The Labute approximate surface area is 198 Å². The number of hydrogen-bond acceptors (Lipinski definition) is 6. The van der Waals surface area contributed by atoms with Gasteiger partial charge < -0.3 is 10.2 Å². The summed E-state index contributed by atoms with van der Waals surface area (Å²) in [6.07, 6.45) is 1.35. The number of carbonyl (C=O) groups excluding carboxylic acids is 1. The molecule has 0 aliphatic carbocycles. The van der Waals surface area contributed by atoms with Gasteiger partial charge in [0, 0.05) is 31.9 Å². The fourth-order valence-electron chi connectivity index (χ4n) is 5.49. The van der Waals surface area contributed by atoms with Gasteiger partial charge in [-0.2, -0.15) is 4.31 Å². The molecule has 0 saturated carbocycles. The number of hydrogen-bond donors (Lipinski definition) is 3. The van der Waals surface area contributed by atoms with Crippen molar-refractivity contribution in [2.24, 2.45) is 5.92 Å². The largest absolute Gasteiger partial charge is 0.368 e. The molecule has 2 fully saturated rings. The summed E-state index contributed by atoms with van der Waals surface area (Å²) >= 11 is 0. The first-order chi connectivity index (χ1) is 15.5. The van der Waals surface area contributed by atoms with E-state index in [4.69, 9.17) is 0 Å². The molecule has 33 heavy (non-hydrogen) atoms. The Morgan fingerprint density at radius 1 is 1.00 bits per heavy atom. The number of anilines is 1. The van der Waals surface area contributed by atoms with E-state index in [1.165, 1.54) is 37.8 Å². The van der Waals surface area contributed by atoms with Crippen LogP contribution in [0.3, 0.4) is 0 Å². The van der Waals surface area contributed by atoms with Gasteiger partial charge in [0.15, 0.2) is 4.75 Å². The molecule has 1 aromatic rings. The SMILES string of the molecule is Cc1c(C)c(N2CCN(S(=O)(=O)C3(C(=O)NO)CCNCC3)CC2)c(C)c(C)c1CC(C)C. The standard InChI is InChI=1S/C24H40N4O4S/c1-16(2)15-21-17(3)19(5)22(20(6)18(21)4)27-11-13-28(14-12-27)33(31,32)24(23(29)26-30)7-9-25-10-8-24/h16,25,30H,7-15H2,1-6H3,(H,26,29). The van der Waals surface area contributed by atoms with Gasteiger partial charge in [0.2, 0.25) is 10.0 Å². The van der Waals surface area contributed by atoms with E-state index in [0.29, 0.717) is 45.2 Å². The highest BCUT2D eigenvalue weighted by molar-refractivity contribution is 7.91. The van der Waals surface area contributed by atoms with Crippen LogP contribution in [0.25, 0.3) is 0 Å². The Morgan fingerprint density at radius 2 is 1.52 bits per heavy atom. The maximum Gasteiger partial charge on any atom is 0.266 e. The molecule has 2 aliphatic heterocycles. The van der Waals surface area contributed by atoms with Crippen LogP contribution in [-0.2, 0) is 21.2 Å². The minimum Gasteiger partial charge on any atom is -0.368 e. The van der Waals surface area contributed by atoms with Gasteiger partial charge in [0.25, 0.3) is 5.91 Å². The number of hydroxylamine groups is 1. The Balaban J connectivity index is 1.86. The summed E-state index contributed by atoms with van der Waals surface area (Å²) in [5.41, 5.74) is 9.43. The van der Waals surface area contributed by atoms with Crippen LogP contribution in [0.5, 0.6) is 0 Å². The van der Waals surface area contributed by atoms with Crippen LogP contribution < -0.4 is 15.7 Å². The molecule has 2 aliphatic rings. The summed E-state index contributed by atoms with van der Waals surface area (Å²) < 4.78 is 27.0. The van der Waals surface area contributed by atoms with Gasteiger partial charge in [-0.3, -0.25) is 10.0 Å². The third kappa shape index (κ3) is 4.52. The highest BCUT2D eigenvalue weighted by atomic mass is 32.2. The number of piperidine rings is 1. The van der Waals surface area contributed by atoms with Crippen LogP contribution in [-0.4, -0.2) is 67.9 Å². The van der Waals surface area contributed by atoms with E-state index in [1.54, 1.807) is 5.48 Å². The number of nitrogens with one attached hydrogen (secondary N) is 2. The van der Waals surface area contributed by atoms with Crippen molar-refractivity contribution in [3.8, 4) is 0 Å². The van der Waals surface area contributed by atoms with E-state index in [1.807, 2.05) is 0 Å². The van der Waals surface area contributed by atoms with Crippen molar-refractivity contribution in [1.82, 2.24) is 15.1 Å². The average Bonchev–Trinajstić information content (AvgIpc) is 2.80. The maximum absolute atomic E-state index is 13.6. The Kier molecular flexibility index (Phi) is 7.78. The Morgan fingerprint density at radius 3 is 1.97 bits per heavy atom. The molecule has 8 nitrogen and oxygen atoms in total. The van der Waals surface area contributed by atoms with Gasteiger partial charge in [0.1, 0.15) is 0 Å². The van der Waals surface area contributed by atoms with Gasteiger partial charge in [-0.05, 0) is 93.8 Å². The minimum atomic E-state index is -3.93. The van der Waals surface area contributed by atoms with Crippen LogP contribution in [0.2, 0.25) is 0 Å². The van der Waals surface area contributed by atoms with E-state index in [-0.39, 0.29) is 12.8 Å². The van der Waals surface area contributed by atoms with E-state index in [9.17, 15) is 18.4 Å². The summed E-state index contributed by atoms with van der Waals surface area (Å²) in [6, 6.07) is 0. The van der Waals surface area contributed by atoms with Crippen molar-refractivity contribution in [3.05, 3.63) is 27.8 Å². The summed E-state index contributed by atoms with van der Waals surface area (Å²) in [4.78, 5) is 14.8. The molecule has 0 spiro atoms. The van der Waals surface area contributed by atoms with Crippen LogP contribution in [0, 0.1) is 33.6 Å². The molecule has 2 saturated heterocycles. The highest BCUT2D eigenvalue weighted by Gasteiger charge is 2.54. The van der Waals surface area contributed by atoms with Crippen LogP contribution in [0.15, 0.2) is 0 Å². The Bertz CT molecular complexity index is 963. The maximum atomic E-state index is 13.6. The summed E-state index contributed by atoms with van der Waals surface area (Å²) in [6.45, 7) is 15.8. The number of amides is 1. The summed E-state index contributed by atoms with van der Waals surface area (Å²) in [7, 11) is -3.93. The first-order valence-electron chi connectivity index (χ1n) is 12.0. The number of sulfonamides is 1. The predicted molar refractivity (Wildman–Crippen MR) is 131 cm³/mol. The number of benzene rings is 1. The smallest absolute Gasteiger partial charge is 0.266 e. The average molecular weight is 481 g/mol. The zero-order chi connectivity index (χ0) is 24.6. The molecule has 0 aromatic heterocycles. The van der Waals surface area contributed by atoms with Gasteiger partial charge in [-0.25, -0.2) is 13.9 Å². The molecule has 1 amide bonds. The second kappa shape index (κ2) is 9.90. The lowest BCUT2D eigenvalue weighted by Crippen LogP contribution is -2.63. The zero-order valence-electron chi connectivity index (χ0n) is 20.9. The van der Waals surface area contributed by atoms with Gasteiger partial charge in [0.05, 0.1) is 0 Å². The predicted octanol–water partition coefficient (Wildman–Crippen LogP) is 2.20. The second-order valence-electron chi connectivity index (χ2n) is 10.0. The van der Waals surface area contributed by atoms with Crippen molar-refractivity contribution in [1.29, 1.82) is 0 Å². The molecule has 1 aromatic carbocycles. The quantitative estimate of drug-likeness (QED) is 0.426. The van der Waals surface area contributed by atoms with Crippen molar-refractivity contribution >= 4 is 21.6 Å². The topological polar surface area (TPSA) is 102 Å². The summed E-state index contributed by atoms with van der Waals surface area (Å²) in [5.74, 6) is -0.246. The highest BCUT2D eigenvalue weighted by Crippen LogP contribution is 2.37. The lowest BCUT2D eigenvalue weighted by atomic mass is 9.87. The number of nitrogens with zero attached hydrogens (tertiary/aromatic N) is 2. The molecule has 9 heteroatoms. The third-order valence-corrected chi connectivity index (χ3v) is 10.3. The summed E-state index contributed by atoms with van der Waals surface area (Å²) in [5, 5.41) is 12.4. The fourth-order valence-corrected chi connectivity index (χ4v) is 7.63. The molecule has 0 unspecified atom stereocenters. The van der Waals surface area contributed by atoms with Crippen molar-refractivity contribution in [2.45, 2.75) is 65.6 Å². The molecule has 0 atom stereocenters. The minimum absolute atomic E-state index is 0.149. The van der Waals surface area contributed by atoms with E-state index in [2.05, 4.69) is 51.8 Å². The lowest BCUT2D eigenvalue weighted by molar-refractivity contribution is -0.132. The zero-order valence-corrected chi connectivity index (χ0v) is 21.7. The number of piperazine rings is 1. The normalized spacial score (nSPS) is 19.7. The molecule has 0 bridgehead atoms. The molecule has 2 heterocycles. The monoisotopic (exact) mass is 480 g/mol. The van der Waals surface area contributed by atoms with Crippen molar-refractivity contribution < 1.29 is 18.4 Å². The number of carbonyl (C=O) groups is 1. The first-order valence-corrected chi connectivity index (χ1v) is 13.4. The fraction of sp³-hybridized carbons (Fsp3) is 0.708. The van der Waals surface area contributed by atoms with Gasteiger partial charge in [-0.1, -0.05) is 13.8 Å². The first kappa shape index (κ1) is 25.9. The second-order valence-corrected chi connectivity index (χ2v) is 12.2. The van der Waals surface area contributed by atoms with Crippen LogP contribution in [0.4, 0.5) is 5.69 Å². The van der Waals surface area contributed by atoms with E-state index < -0.39 is 20.7 Å². The number of rotatable bonds is 6. The van der Waals surface area contributed by atoms with Gasteiger partial charge >= 0.3 is 0 Å². The molecular weight excluding hydrogens is 440 g/mol. The van der Waals surface area contributed by atoms with Gasteiger partial charge in [-0.15, -0.1) is 0 Å². The van der Waals surface area contributed by atoms with Crippen molar-refractivity contribution in [2.75, 3.05) is 44.2 Å². The molecule has 3 rings (SSSR count). The lowest BCUT2D eigenvalue weighted by Gasteiger charge is -2.43. The van der Waals surface area contributed by atoms with Crippen LogP contribution in [0.1, 0.15) is 54.5 Å². The van der Waals surface area contributed by atoms with E-state index in [0.717, 1.165) is 6.42 Å². The van der Waals surface area contributed by atoms with Crippen molar-refractivity contribution in [3.63, 3.8) is 0 Å².